The Kier molecular flexibility index (Phi) is 6.26. The van der Waals surface area contributed by atoms with Crippen molar-refractivity contribution in [1.29, 1.82) is 0 Å². The molecule has 1 atom stereocenters. The van der Waals surface area contributed by atoms with Crippen LogP contribution in [0.25, 0.3) is 0 Å². The minimum Gasteiger partial charge on any atom is -0.327 e. The second-order valence-corrected chi connectivity index (χ2v) is 5.31. The highest BCUT2D eigenvalue weighted by Gasteiger charge is 2.11. The van der Waals surface area contributed by atoms with E-state index in [9.17, 15) is 0 Å². The SMILES string of the molecule is CC(C)[C@H](N)CCN1CCCCCCC1. The third kappa shape index (κ3) is 5.53. The van der Waals surface area contributed by atoms with Gasteiger partial charge in [-0.05, 0) is 44.8 Å². The van der Waals surface area contributed by atoms with E-state index in [1.807, 2.05) is 0 Å². The monoisotopic (exact) mass is 212 g/mol. The third-order valence-electron chi connectivity index (χ3n) is 3.58. The van der Waals surface area contributed by atoms with Crippen LogP contribution in [-0.4, -0.2) is 30.6 Å². The molecule has 0 aromatic heterocycles. The van der Waals surface area contributed by atoms with E-state index in [-0.39, 0.29) is 0 Å². The highest BCUT2D eigenvalue weighted by molar-refractivity contribution is 4.69. The van der Waals surface area contributed by atoms with Crippen LogP contribution in [0, 0.1) is 5.92 Å². The van der Waals surface area contributed by atoms with Crippen molar-refractivity contribution in [3.63, 3.8) is 0 Å². The van der Waals surface area contributed by atoms with Crippen LogP contribution in [0.1, 0.15) is 52.4 Å². The number of hydrogen-bond donors (Lipinski definition) is 1. The summed E-state index contributed by atoms with van der Waals surface area (Å²) in [5.41, 5.74) is 6.08. The largest absolute Gasteiger partial charge is 0.327 e. The summed E-state index contributed by atoms with van der Waals surface area (Å²) in [6.45, 7) is 8.24. The minimum atomic E-state index is 0.385. The molecule has 0 aromatic carbocycles. The second kappa shape index (κ2) is 7.24. The molecular weight excluding hydrogens is 184 g/mol. The molecule has 0 aliphatic carbocycles. The van der Waals surface area contributed by atoms with Gasteiger partial charge in [-0.15, -0.1) is 0 Å². The van der Waals surface area contributed by atoms with Crippen LogP contribution in [0.3, 0.4) is 0 Å². The molecule has 1 aliphatic heterocycles. The summed E-state index contributed by atoms with van der Waals surface area (Å²) in [6.07, 6.45) is 8.23. The normalized spacial score (nSPS) is 22.4. The van der Waals surface area contributed by atoms with E-state index >= 15 is 0 Å². The fourth-order valence-corrected chi connectivity index (χ4v) is 2.20. The molecule has 0 amide bonds. The molecule has 0 radical (unpaired) electrons. The maximum atomic E-state index is 6.08. The van der Waals surface area contributed by atoms with Gasteiger partial charge in [-0.1, -0.05) is 33.1 Å². The fourth-order valence-electron chi connectivity index (χ4n) is 2.20. The van der Waals surface area contributed by atoms with Crippen LogP contribution >= 0.6 is 0 Å². The summed E-state index contributed by atoms with van der Waals surface area (Å²) in [5.74, 6) is 0.625. The van der Waals surface area contributed by atoms with Crippen LogP contribution in [0.5, 0.6) is 0 Å². The van der Waals surface area contributed by atoms with E-state index in [2.05, 4.69) is 18.7 Å². The average Bonchev–Trinajstić information content (AvgIpc) is 2.15. The Morgan fingerprint density at radius 2 is 1.53 bits per heavy atom. The Morgan fingerprint density at radius 1 is 1.00 bits per heavy atom. The third-order valence-corrected chi connectivity index (χ3v) is 3.58. The maximum Gasteiger partial charge on any atom is 0.00740 e. The zero-order valence-corrected chi connectivity index (χ0v) is 10.5. The lowest BCUT2D eigenvalue weighted by molar-refractivity contribution is 0.232. The molecule has 2 nitrogen and oxygen atoms in total. The molecule has 2 N–H and O–H groups in total. The number of nitrogens with zero attached hydrogens (tertiary/aromatic N) is 1. The molecule has 1 heterocycles. The summed E-state index contributed by atoms with van der Waals surface area (Å²) in [5, 5.41) is 0. The van der Waals surface area contributed by atoms with Crippen molar-refractivity contribution in [1.82, 2.24) is 4.90 Å². The Labute approximate surface area is 95.2 Å². The van der Waals surface area contributed by atoms with Crippen molar-refractivity contribution in [2.24, 2.45) is 11.7 Å². The first-order valence-electron chi connectivity index (χ1n) is 6.68. The first kappa shape index (κ1) is 13.0. The fraction of sp³-hybridized carbons (Fsp3) is 1.00. The molecule has 2 heteroatoms. The number of nitrogens with two attached hydrogens (primary N) is 1. The molecule has 1 saturated heterocycles. The van der Waals surface area contributed by atoms with Gasteiger partial charge in [0.15, 0.2) is 0 Å². The van der Waals surface area contributed by atoms with E-state index in [1.165, 1.54) is 51.7 Å². The van der Waals surface area contributed by atoms with Crippen LogP contribution in [0.4, 0.5) is 0 Å². The summed E-state index contributed by atoms with van der Waals surface area (Å²) in [4.78, 5) is 2.61. The van der Waals surface area contributed by atoms with Gasteiger partial charge < -0.3 is 10.6 Å². The van der Waals surface area contributed by atoms with Crippen molar-refractivity contribution in [2.75, 3.05) is 19.6 Å². The zero-order valence-electron chi connectivity index (χ0n) is 10.5. The van der Waals surface area contributed by atoms with Crippen molar-refractivity contribution in [3.05, 3.63) is 0 Å². The molecule has 0 spiro atoms. The van der Waals surface area contributed by atoms with Gasteiger partial charge in [0.1, 0.15) is 0 Å². The van der Waals surface area contributed by atoms with Crippen molar-refractivity contribution in [2.45, 2.75) is 58.4 Å². The Morgan fingerprint density at radius 3 is 2.07 bits per heavy atom. The zero-order chi connectivity index (χ0) is 11.1. The Balaban J connectivity index is 2.17. The van der Waals surface area contributed by atoms with Crippen LogP contribution in [0.2, 0.25) is 0 Å². The van der Waals surface area contributed by atoms with Gasteiger partial charge in [-0.25, -0.2) is 0 Å². The first-order chi connectivity index (χ1) is 7.20. The molecule has 0 saturated carbocycles. The number of likely N-dealkylation sites (tertiary alicyclic amines) is 1. The van der Waals surface area contributed by atoms with Gasteiger partial charge in [0, 0.05) is 6.04 Å². The molecular formula is C13H28N2. The van der Waals surface area contributed by atoms with Gasteiger partial charge in [-0.2, -0.15) is 0 Å². The van der Waals surface area contributed by atoms with Gasteiger partial charge in [0.05, 0.1) is 0 Å². The second-order valence-electron chi connectivity index (χ2n) is 5.31. The topological polar surface area (TPSA) is 29.3 Å². The molecule has 1 aliphatic rings. The van der Waals surface area contributed by atoms with Gasteiger partial charge in [0.25, 0.3) is 0 Å². The molecule has 15 heavy (non-hydrogen) atoms. The Hall–Kier alpha value is -0.0800. The lowest BCUT2D eigenvalue weighted by Gasteiger charge is -2.26. The smallest absolute Gasteiger partial charge is 0.00740 e. The molecule has 1 fully saturated rings. The molecule has 0 bridgehead atoms. The van der Waals surface area contributed by atoms with E-state index in [0.717, 1.165) is 6.42 Å². The molecule has 90 valence electrons. The van der Waals surface area contributed by atoms with Crippen LogP contribution in [-0.2, 0) is 0 Å². The Bertz CT molecular complexity index is 149. The van der Waals surface area contributed by atoms with Gasteiger partial charge in [0.2, 0.25) is 0 Å². The van der Waals surface area contributed by atoms with Crippen molar-refractivity contribution < 1.29 is 0 Å². The summed E-state index contributed by atoms with van der Waals surface area (Å²) < 4.78 is 0. The first-order valence-corrected chi connectivity index (χ1v) is 6.68. The predicted octanol–water partition coefficient (Wildman–Crippen LogP) is 2.63. The minimum absolute atomic E-state index is 0.385. The number of hydrogen-bond acceptors (Lipinski definition) is 2. The summed E-state index contributed by atoms with van der Waals surface area (Å²) in [7, 11) is 0. The standard InChI is InChI=1S/C13H28N2/c1-12(2)13(14)8-11-15-9-6-4-3-5-7-10-15/h12-13H,3-11,14H2,1-2H3/t13-/m1/s1. The summed E-state index contributed by atoms with van der Waals surface area (Å²) >= 11 is 0. The molecule has 1 rings (SSSR count). The maximum absolute atomic E-state index is 6.08. The van der Waals surface area contributed by atoms with Crippen molar-refractivity contribution in [3.8, 4) is 0 Å². The van der Waals surface area contributed by atoms with Crippen LogP contribution in [0.15, 0.2) is 0 Å². The van der Waals surface area contributed by atoms with Crippen molar-refractivity contribution >= 4 is 0 Å². The van der Waals surface area contributed by atoms with Crippen LogP contribution < -0.4 is 5.73 Å². The van der Waals surface area contributed by atoms with E-state index < -0.39 is 0 Å². The molecule has 0 aromatic rings. The number of rotatable bonds is 4. The van der Waals surface area contributed by atoms with E-state index in [4.69, 9.17) is 5.73 Å². The highest BCUT2D eigenvalue weighted by atomic mass is 15.1. The lowest BCUT2D eigenvalue weighted by atomic mass is 10.0. The average molecular weight is 212 g/mol. The summed E-state index contributed by atoms with van der Waals surface area (Å²) in [6, 6.07) is 0.385. The molecule has 0 unspecified atom stereocenters. The quantitative estimate of drug-likeness (QED) is 0.776. The van der Waals surface area contributed by atoms with E-state index in [1.54, 1.807) is 0 Å². The highest BCUT2D eigenvalue weighted by Crippen LogP contribution is 2.12. The van der Waals surface area contributed by atoms with Gasteiger partial charge in [-0.3, -0.25) is 0 Å². The predicted molar refractivity (Wildman–Crippen MR) is 67.0 cm³/mol. The van der Waals surface area contributed by atoms with Gasteiger partial charge >= 0.3 is 0 Å². The lowest BCUT2D eigenvalue weighted by Crippen LogP contribution is -2.35. The van der Waals surface area contributed by atoms with E-state index in [0.29, 0.717) is 12.0 Å².